The van der Waals surface area contributed by atoms with Crippen LogP contribution in [0.1, 0.15) is 27.2 Å². The minimum Gasteiger partial charge on any atom is -0.485 e. The second-order valence-corrected chi connectivity index (χ2v) is 6.98. The molecule has 0 saturated carbocycles. The molecular weight excluding hydrogens is 378 g/mol. The highest BCUT2D eigenvalue weighted by Gasteiger charge is 2.16. The van der Waals surface area contributed by atoms with E-state index in [0.29, 0.717) is 41.3 Å². The summed E-state index contributed by atoms with van der Waals surface area (Å²) >= 11 is 0. The van der Waals surface area contributed by atoms with Gasteiger partial charge in [0, 0.05) is 17.1 Å². The predicted octanol–water partition coefficient (Wildman–Crippen LogP) is 5.40. The third-order valence-electron chi connectivity index (χ3n) is 4.71. The van der Waals surface area contributed by atoms with Crippen LogP contribution in [0.2, 0.25) is 0 Å². The number of aryl methyl sites for hydroxylation is 1. The molecule has 4 aromatic rings. The normalized spacial score (nSPS) is 10.7. The first-order valence-electron chi connectivity index (χ1n) is 9.62. The van der Waals surface area contributed by atoms with E-state index in [4.69, 9.17) is 9.47 Å². The number of aromatic nitrogens is 1. The lowest BCUT2D eigenvalue weighted by Gasteiger charge is -2.15. The summed E-state index contributed by atoms with van der Waals surface area (Å²) in [4.78, 5) is 16.2. The second kappa shape index (κ2) is 8.66. The maximum atomic E-state index is 11.8. The average Bonchev–Trinajstić information content (AvgIpc) is 2.77. The molecule has 0 aliphatic rings. The Morgan fingerprint density at radius 3 is 1.90 bits per heavy atom. The number of carboxylic acids is 1. The zero-order valence-corrected chi connectivity index (χ0v) is 16.5. The Morgan fingerprint density at radius 2 is 1.37 bits per heavy atom. The van der Waals surface area contributed by atoms with E-state index in [1.54, 1.807) is 25.1 Å². The average molecular weight is 399 g/mol. The van der Waals surface area contributed by atoms with Crippen LogP contribution in [0.5, 0.6) is 11.5 Å². The minimum atomic E-state index is -1.00. The molecule has 5 nitrogen and oxygen atoms in total. The molecule has 0 radical (unpaired) electrons. The van der Waals surface area contributed by atoms with E-state index in [-0.39, 0.29) is 5.56 Å². The van der Waals surface area contributed by atoms with E-state index in [9.17, 15) is 9.90 Å². The largest absolute Gasteiger partial charge is 0.485 e. The fourth-order valence-electron chi connectivity index (χ4n) is 3.24. The van der Waals surface area contributed by atoms with E-state index >= 15 is 0 Å². The predicted molar refractivity (Wildman–Crippen MR) is 115 cm³/mol. The molecule has 4 rings (SSSR count). The Balaban J connectivity index is 1.72. The molecule has 5 heteroatoms. The van der Waals surface area contributed by atoms with Crippen molar-refractivity contribution in [2.75, 3.05) is 0 Å². The highest BCUT2D eigenvalue weighted by molar-refractivity contribution is 6.03. The lowest BCUT2D eigenvalue weighted by molar-refractivity contribution is 0.0699. The summed E-state index contributed by atoms with van der Waals surface area (Å²) in [6.45, 7) is 2.48. The van der Waals surface area contributed by atoms with Crippen molar-refractivity contribution in [2.24, 2.45) is 0 Å². The van der Waals surface area contributed by atoms with Crippen LogP contribution in [0.4, 0.5) is 0 Å². The Hall–Kier alpha value is -3.86. The first kappa shape index (κ1) is 19.5. The molecule has 0 aliphatic heterocycles. The Morgan fingerprint density at radius 1 is 0.833 bits per heavy atom. The van der Waals surface area contributed by atoms with Crippen LogP contribution in [-0.2, 0) is 13.2 Å². The number of carboxylic acid groups (broad SMARTS) is 1. The van der Waals surface area contributed by atoms with Crippen LogP contribution >= 0.6 is 0 Å². The minimum absolute atomic E-state index is 0.191. The van der Waals surface area contributed by atoms with Crippen LogP contribution in [0.3, 0.4) is 0 Å². The molecule has 0 aliphatic carbocycles. The maximum Gasteiger partial charge on any atom is 0.336 e. The van der Waals surface area contributed by atoms with E-state index in [1.807, 2.05) is 60.7 Å². The number of fused-ring (bicyclic) bond motifs is 1. The van der Waals surface area contributed by atoms with Gasteiger partial charge in [-0.2, -0.15) is 0 Å². The van der Waals surface area contributed by atoms with Crippen molar-refractivity contribution in [2.45, 2.75) is 20.1 Å². The molecule has 0 unspecified atom stereocenters. The zero-order chi connectivity index (χ0) is 20.9. The van der Waals surface area contributed by atoms with E-state index in [0.717, 1.165) is 11.1 Å². The standard InChI is InChI=1S/C25H21NO4/c1-17-12-21(25(27)28)20-13-23(29-15-18-8-4-2-5-9-18)24(14-22(20)26-17)30-16-19-10-6-3-7-11-19/h2-14H,15-16H2,1H3,(H,27,28). The van der Waals surface area contributed by atoms with Gasteiger partial charge in [-0.15, -0.1) is 0 Å². The van der Waals surface area contributed by atoms with Gasteiger partial charge in [-0.05, 0) is 30.2 Å². The smallest absolute Gasteiger partial charge is 0.336 e. The number of rotatable bonds is 7. The number of aromatic carboxylic acids is 1. The van der Waals surface area contributed by atoms with E-state index in [2.05, 4.69) is 4.98 Å². The lowest BCUT2D eigenvalue weighted by atomic mass is 10.1. The number of hydrogen-bond acceptors (Lipinski definition) is 4. The molecule has 0 fully saturated rings. The second-order valence-electron chi connectivity index (χ2n) is 6.98. The van der Waals surface area contributed by atoms with Crippen LogP contribution < -0.4 is 9.47 Å². The van der Waals surface area contributed by atoms with Gasteiger partial charge in [0.05, 0.1) is 11.1 Å². The number of benzene rings is 3. The molecule has 1 aromatic heterocycles. The first-order chi connectivity index (χ1) is 14.6. The zero-order valence-electron chi connectivity index (χ0n) is 16.5. The monoisotopic (exact) mass is 399 g/mol. The van der Waals surface area contributed by atoms with Crippen molar-refractivity contribution in [3.8, 4) is 11.5 Å². The van der Waals surface area contributed by atoms with Crippen molar-refractivity contribution in [3.05, 3.63) is 101 Å². The number of hydrogen-bond donors (Lipinski definition) is 1. The number of nitrogens with zero attached hydrogens (tertiary/aromatic N) is 1. The van der Waals surface area contributed by atoms with Gasteiger partial charge in [-0.25, -0.2) is 4.79 Å². The number of carbonyl (C=O) groups is 1. The summed E-state index contributed by atoms with van der Waals surface area (Å²) < 4.78 is 12.1. The highest BCUT2D eigenvalue weighted by Crippen LogP contribution is 2.35. The van der Waals surface area contributed by atoms with Crippen LogP contribution in [0.25, 0.3) is 10.9 Å². The van der Waals surface area contributed by atoms with Crippen molar-refractivity contribution in [1.82, 2.24) is 4.98 Å². The van der Waals surface area contributed by atoms with Gasteiger partial charge in [0.25, 0.3) is 0 Å². The third-order valence-corrected chi connectivity index (χ3v) is 4.71. The molecule has 0 atom stereocenters. The van der Waals surface area contributed by atoms with Crippen LogP contribution in [-0.4, -0.2) is 16.1 Å². The molecule has 150 valence electrons. The molecule has 1 heterocycles. The summed E-state index contributed by atoms with van der Waals surface area (Å²) in [6, 6.07) is 24.6. The third kappa shape index (κ3) is 4.41. The van der Waals surface area contributed by atoms with Gasteiger partial charge in [0.15, 0.2) is 11.5 Å². The fourth-order valence-corrected chi connectivity index (χ4v) is 3.24. The fraction of sp³-hybridized carbons (Fsp3) is 0.120. The van der Waals surface area contributed by atoms with Crippen LogP contribution in [0, 0.1) is 6.92 Å². The SMILES string of the molecule is Cc1cc(C(=O)O)c2cc(OCc3ccccc3)c(OCc3ccccc3)cc2n1. The highest BCUT2D eigenvalue weighted by atomic mass is 16.5. The molecule has 0 amide bonds. The molecule has 0 saturated heterocycles. The van der Waals surface area contributed by atoms with Gasteiger partial charge in [-0.3, -0.25) is 4.98 Å². The molecule has 30 heavy (non-hydrogen) atoms. The molecule has 3 aromatic carbocycles. The molecular formula is C25H21NO4. The first-order valence-corrected chi connectivity index (χ1v) is 9.62. The van der Waals surface area contributed by atoms with Crippen molar-refractivity contribution < 1.29 is 19.4 Å². The van der Waals surface area contributed by atoms with Crippen molar-refractivity contribution in [3.63, 3.8) is 0 Å². The van der Waals surface area contributed by atoms with Gasteiger partial charge in [0.2, 0.25) is 0 Å². The van der Waals surface area contributed by atoms with Gasteiger partial charge >= 0.3 is 5.97 Å². The number of pyridine rings is 1. The molecule has 0 bridgehead atoms. The van der Waals surface area contributed by atoms with Gasteiger partial charge in [0.1, 0.15) is 13.2 Å². The summed E-state index contributed by atoms with van der Waals surface area (Å²) in [6.07, 6.45) is 0. The van der Waals surface area contributed by atoms with Crippen molar-refractivity contribution >= 4 is 16.9 Å². The molecule has 1 N–H and O–H groups in total. The summed E-state index contributed by atoms with van der Waals surface area (Å²) in [5.41, 5.74) is 3.41. The van der Waals surface area contributed by atoms with Crippen LogP contribution in [0.15, 0.2) is 78.9 Å². The maximum absolute atomic E-state index is 11.8. The Bertz CT molecular complexity index is 1170. The Kier molecular flexibility index (Phi) is 5.61. The summed E-state index contributed by atoms with van der Waals surface area (Å²) in [5.74, 6) is 0.00428. The van der Waals surface area contributed by atoms with Crippen molar-refractivity contribution in [1.29, 1.82) is 0 Å². The van der Waals surface area contributed by atoms with Gasteiger partial charge < -0.3 is 14.6 Å². The summed E-state index contributed by atoms with van der Waals surface area (Å²) in [7, 11) is 0. The lowest BCUT2D eigenvalue weighted by Crippen LogP contribution is -2.04. The Labute approximate surface area is 174 Å². The topological polar surface area (TPSA) is 68.7 Å². The molecule has 0 spiro atoms. The van der Waals surface area contributed by atoms with Gasteiger partial charge in [-0.1, -0.05) is 60.7 Å². The number of ether oxygens (including phenoxy) is 2. The van der Waals surface area contributed by atoms with E-state index < -0.39 is 5.97 Å². The quantitative estimate of drug-likeness (QED) is 0.451. The van der Waals surface area contributed by atoms with E-state index in [1.165, 1.54) is 0 Å². The summed E-state index contributed by atoms with van der Waals surface area (Å²) in [5, 5.41) is 10.1.